The molecule has 0 amide bonds. The number of aromatic nitrogens is 2. The lowest BCUT2D eigenvalue weighted by atomic mass is 10.1. The second kappa shape index (κ2) is 5.02. The molecule has 106 valence electrons. The van der Waals surface area contributed by atoms with Crippen LogP contribution in [0.2, 0.25) is 0 Å². The second-order valence-electron chi connectivity index (χ2n) is 4.08. The summed E-state index contributed by atoms with van der Waals surface area (Å²) in [6.45, 7) is 0. The van der Waals surface area contributed by atoms with Crippen molar-refractivity contribution in [2.45, 2.75) is 4.90 Å². The van der Waals surface area contributed by atoms with E-state index in [0.29, 0.717) is 11.1 Å². The van der Waals surface area contributed by atoms with Crippen molar-refractivity contribution in [1.82, 2.24) is 14.5 Å². The normalized spacial score (nSPS) is 11.5. The quantitative estimate of drug-likeness (QED) is 0.666. The molecule has 0 aliphatic carbocycles. The van der Waals surface area contributed by atoms with Crippen molar-refractivity contribution in [3.05, 3.63) is 40.7 Å². The van der Waals surface area contributed by atoms with E-state index in [9.17, 15) is 18.5 Å². The fraction of sp³-hybridized carbons (Fsp3) is 0.182. The number of nitro benzene ring substituents is 1. The van der Waals surface area contributed by atoms with Gasteiger partial charge in [-0.15, -0.1) is 0 Å². The van der Waals surface area contributed by atoms with Gasteiger partial charge in [-0.1, -0.05) is 0 Å². The first kappa shape index (κ1) is 14.2. The van der Waals surface area contributed by atoms with Crippen molar-refractivity contribution in [1.29, 1.82) is 0 Å². The highest BCUT2D eigenvalue weighted by Gasteiger charge is 2.19. The van der Waals surface area contributed by atoms with Crippen LogP contribution in [0.4, 0.5) is 5.69 Å². The van der Waals surface area contributed by atoms with Gasteiger partial charge in [0.05, 0.1) is 16.0 Å². The predicted molar refractivity (Wildman–Crippen MR) is 71.5 cm³/mol. The number of sulfonamides is 1. The van der Waals surface area contributed by atoms with Gasteiger partial charge in [0.25, 0.3) is 5.69 Å². The van der Waals surface area contributed by atoms with E-state index in [2.05, 4.69) is 9.82 Å². The molecular formula is C11H12N4O4S. The minimum atomic E-state index is -3.76. The highest BCUT2D eigenvalue weighted by atomic mass is 32.2. The molecule has 2 aromatic rings. The Kier molecular flexibility index (Phi) is 3.55. The zero-order valence-electron chi connectivity index (χ0n) is 10.8. The molecule has 0 unspecified atom stereocenters. The number of benzene rings is 1. The molecule has 20 heavy (non-hydrogen) atoms. The summed E-state index contributed by atoms with van der Waals surface area (Å²) in [4.78, 5) is 10.1. The topological polar surface area (TPSA) is 107 Å². The van der Waals surface area contributed by atoms with E-state index in [0.717, 1.165) is 6.07 Å². The molecule has 9 heteroatoms. The minimum absolute atomic E-state index is 0.159. The lowest BCUT2D eigenvalue weighted by Gasteiger charge is -2.05. The Morgan fingerprint density at radius 3 is 2.50 bits per heavy atom. The third kappa shape index (κ3) is 2.68. The molecule has 1 aromatic heterocycles. The largest absolute Gasteiger partial charge is 0.275 e. The number of non-ortho nitro benzene ring substituents is 1. The van der Waals surface area contributed by atoms with E-state index in [1.807, 2.05) is 0 Å². The molecule has 1 aromatic carbocycles. The average molecular weight is 296 g/mol. The number of rotatable bonds is 4. The maximum atomic E-state index is 11.8. The molecule has 0 spiro atoms. The standard InChI is InChI=1S/C11H12N4O4S/c1-12-20(18,19)11-4-8(3-10(5-11)15(16)17)9-6-13-14(2)7-9/h3-7,12H,1-2H3. The number of hydrogen-bond acceptors (Lipinski definition) is 5. The van der Waals surface area contributed by atoms with E-state index in [-0.39, 0.29) is 10.6 Å². The van der Waals surface area contributed by atoms with Crippen LogP contribution in [0.3, 0.4) is 0 Å². The van der Waals surface area contributed by atoms with Gasteiger partial charge in [0, 0.05) is 30.9 Å². The first-order chi connectivity index (χ1) is 9.33. The Morgan fingerprint density at radius 2 is 2.00 bits per heavy atom. The van der Waals surface area contributed by atoms with Crippen LogP contribution >= 0.6 is 0 Å². The first-order valence-electron chi connectivity index (χ1n) is 5.55. The van der Waals surface area contributed by atoms with Crippen LogP contribution in [0.15, 0.2) is 35.5 Å². The Morgan fingerprint density at radius 1 is 1.30 bits per heavy atom. The maximum absolute atomic E-state index is 11.8. The van der Waals surface area contributed by atoms with Gasteiger partial charge in [-0.25, -0.2) is 13.1 Å². The number of hydrogen-bond donors (Lipinski definition) is 1. The summed E-state index contributed by atoms with van der Waals surface area (Å²) in [5, 5.41) is 14.9. The lowest BCUT2D eigenvalue weighted by Crippen LogP contribution is -2.18. The highest BCUT2D eigenvalue weighted by molar-refractivity contribution is 7.89. The van der Waals surface area contributed by atoms with Crippen molar-refractivity contribution in [3.8, 4) is 11.1 Å². The molecule has 0 saturated heterocycles. The van der Waals surface area contributed by atoms with E-state index in [1.54, 1.807) is 13.2 Å². The smallest absolute Gasteiger partial charge is 0.271 e. The molecule has 1 N–H and O–H groups in total. The third-order valence-corrected chi connectivity index (χ3v) is 4.11. The molecule has 0 saturated carbocycles. The van der Waals surface area contributed by atoms with E-state index >= 15 is 0 Å². The molecule has 1 heterocycles. The minimum Gasteiger partial charge on any atom is -0.275 e. The third-order valence-electron chi connectivity index (χ3n) is 2.72. The van der Waals surface area contributed by atoms with Crippen molar-refractivity contribution in [3.63, 3.8) is 0 Å². The summed E-state index contributed by atoms with van der Waals surface area (Å²) in [5.41, 5.74) is 0.727. The predicted octanol–water partition coefficient (Wildman–Crippen LogP) is 0.903. The summed E-state index contributed by atoms with van der Waals surface area (Å²) in [6.07, 6.45) is 3.16. The fourth-order valence-electron chi connectivity index (χ4n) is 1.70. The molecule has 2 rings (SSSR count). The van der Waals surface area contributed by atoms with Crippen molar-refractivity contribution >= 4 is 15.7 Å². The maximum Gasteiger partial charge on any atom is 0.271 e. The van der Waals surface area contributed by atoms with E-state index in [1.165, 1.54) is 30.1 Å². The van der Waals surface area contributed by atoms with Gasteiger partial charge < -0.3 is 0 Å². The van der Waals surface area contributed by atoms with Crippen LogP contribution < -0.4 is 4.72 Å². The summed E-state index contributed by atoms with van der Waals surface area (Å²) in [7, 11) is -0.811. The van der Waals surface area contributed by atoms with E-state index in [4.69, 9.17) is 0 Å². The first-order valence-corrected chi connectivity index (χ1v) is 7.04. The number of aryl methyl sites for hydroxylation is 1. The van der Waals surface area contributed by atoms with Gasteiger partial charge in [-0.05, 0) is 18.7 Å². The van der Waals surface area contributed by atoms with Crippen molar-refractivity contribution in [2.75, 3.05) is 7.05 Å². The molecule has 0 atom stereocenters. The fourth-order valence-corrected chi connectivity index (χ4v) is 2.49. The number of nitro groups is 1. The van der Waals surface area contributed by atoms with Crippen LogP contribution in [0.1, 0.15) is 0 Å². The van der Waals surface area contributed by atoms with Gasteiger partial charge in [0.1, 0.15) is 0 Å². The Labute approximate surface area is 115 Å². The molecular weight excluding hydrogens is 284 g/mol. The van der Waals surface area contributed by atoms with Gasteiger partial charge in [0.15, 0.2) is 0 Å². The summed E-state index contributed by atoms with van der Waals surface area (Å²) < 4.78 is 27.3. The molecule has 0 radical (unpaired) electrons. The van der Waals surface area contributed by atoms with Crippen LogP contribution in [-0.2, 0) is 17.1 Å². The summed E-state index contributed by atoms with van der Waals surface area (Å²) in [5.74, 6) is 0. The summed E-state index contributed by atoms with van der Waals surface area (Å²) in [6, 6.07) is 3.70. The molecule has 8 nitrogen and oxygen atoms in total. The zero-order chi connectivity index (χ0) is 14.9. The number of nitrogens with one attached hydrogen (secondary N) is 1. The molecule has 0 fully saturated rings. The zero-order valence-corrected chi connectivity index (χ0v) is 11.6. The van der Waals surface area contributed by atoms with Crippen LogP contribution in [-0.4, -0.2) is 30.2 Å². The molecule has 0 aliphatic heterocycles. The van der Waals surface area contributed by atoms with Crippen molar-refractivity contribution in [2.24, 2.45) is 7.05 Å². The van der Waals surface area contributed by atoms with Crippen LogP contribution in [0.5, 0.6) is 0 Å². The van der Waals surface area contributed by atoms with Gasteiger partial charge in [0.2, 0.25) is 10.0 Å². The lowest BCUT2D eigenvalue weighted by molar-refractivity contribution is -0.385. The Bertz CT molecular complexity index is 766. The van der Waals surface area contributed by atoms with Crippen LogP contribution in [0.25, 0.3) is 11.1 Å². The van der Waals surface area contributed by atoms with Gasteiger partial charge in [-0.3, -0.25) is 14.8 Å². The molecule has 0 bridgehead atoms. The Hall–Kier alpha value is -2.26. The molecule has 0 aliphatic rings. The summed E-state index contributed by atoms with van der Waals surface area (Å²) >= 11 is 0. The Balaban J connectivity index is 2.67. The average Bonchev–Trinajstić information content (AvgIpc) is 2.85. The number of nitrogens with zero attached hydrogens (tertiary/aromatic N) is 3. The van der Waals surface area contributed by atoms with Gasteiger partial charge in [-0.2, -0.15) is 5.10 Å². The van der Waals surface area contributed by atoms with E-state index < -0.39 is 14.9 Å². The monoisotopic (exact) mass is 296 g/mol. The SMILES string of the molecule is CNS(=O)(=O)c1cc(-c2cnn(C)c2)cc([N+](=O)[O-])c1. The van der Waals surface area contributed by atoms with Crippen molar-refractivity contribution < 1.29 is 13.3 Å². The van der Waals surface area contributed by atoms with Gasteiger partial charge >= 0.3 is 0 Å². The second-order valence-corrected chi connectivity index (χ2v) is 5.97. The van der Waals surface area contributed by atoms with Crippen LogP contribution in [0, 0.1) is 10.1 Å². The highest BCUT2D eigenvalue weighted by Crippen LogP contribution is 2.27.